The largest absolute Gasteiger partial charge is 0.495 e. The molecular formula is C10H15NOS. The minimum Gasteiger partial charge on any atom is -0.495 e. The normalized spacial score (nSPS) is 9.77. The minimum atomic E-state index is 0.615. The molecular weight excluding hydrogens is 182 g/mol. The van der Waals surface area contributed by atoms with Crippen LogP contribution in [-0.2, 0) is 6.42 Å². The van der Waals surface area contributed by atoms with Crippen molar-refractivity contribution in [2.24, 2.45) is 0 Å². The maximum atomic E-state index is 5.20. The Hall–Kier alpha value is -0.830. The maximum absolute atomic E-state index is 5.20. The van der Waals surface area contributed by atoms with Crippen molar-refractivity contribution < 1.29 is 4.74 Å². The van der Waals surface area contributed by atoms with Gasteiger partial charge < -0.3 is 10.1 Å². The zero-order valence-corrected chi connectivity index (χ0v) is 8.90. The number of anilines is 1. The van der Waals surface area contributed by atoms with E-state index in [0.717, 1.165) is 17.9 Å². The molecule has 0 spiro atoms. The van der Waals surface area contributed by atoms with Crippen LogP contribution >= 0.6 is 12.6 Å². The van der Waals surface area contributed by atoms with E-state index in [1.165, 1.54) is 5.56 Å². The fourth-order valence-electron chi connectivity index (χ4n) is 1.20. The van der Waals surface area contributed by atoms with Crippen molar-refractivity contribution in [2.75, 3.05) is 18.3 Å². The van der Waals surface area contributed by atoms with Gasteiger partial charge in [0.2, 0.25) is 0 Å². The first-order valence-corrected chi connectivity index (χ1v) is 4.96. The number of hydrogen-bond acceptors (Lipinski definition) is 3. The van der Waals surface area contributed by atoms with Crippen molar-refractivity contribution in [3.63, 3.8) is 0 Å². The SMILES string of the molecule is CCc1ccc(OC)c(NCS)c1. The summed E-state index contributed by atoms with van der Waals surface area (Å²) in [6, 6.07) is 6.14. The van der Waals surface area contributed by atoms with E-state index in [0.29, 0.717) is 5.88 Å². The third-order valence-corrected chi connectivity index (χ3v) is 2.10. The summed E-state index contributed by atoms with van der Waals surface area (Å²) in [4.78, 5) is 0. The van der Waals surface area contributed by atoms with Gasteiger partial charge in [-0.3, -0.25) is 0 Å². The molecule has 0 bridgehead atoms. The van der Waals surface area contributed by atoms with E-state index in [9.17, 15) is 0 Å². The summed E-state index contributed by atoms with van der Waals surface area (Å²) in [5, 5.41) is 3.14. The van der Waals surface area contributed by atoms with Crippen LogP contribution in [0.25, 0.3) is 0 Å². The van der Waals surface area contributed by atoms with Crippen LogP contribution in [0, 0.1) is 0 Å². The van der Waals surface area contributed by atoms with E-state index in [-0.39, 0.29) is 0 Å². The summed E-state index contributed by atoms with van der Waals surface area (Å²) >= 11 is 4.11. The van der Waals surface area contributed by atoms with E-state index < -0.39 is 0 Å². The first-order chi connectivity index (χ1) is 6.31. The molecule has 2 nitrogen and oxygen atoms in total. The highest BCUT2D eigenvalue weighted by Crippen LogP contribution is 2.25. The molecule has 0 heterocycles. The number of aryl methyl sites for hydroxylation is 1. The smallest absolute Gasteiger partial charge is 0.141 e. The molecule has 1 rings (SSSR count). The number of benzene rings is 1. The first-order valence-electron chi connectivity index (χ1n) is 4.33. The van der Waals surface area contributed by atoms with Gasteiger partial charge in [-0.2, -0.15) is 12.6 Å². The van der Waals surface area contributed by atoms with Gasteiger partial charge in [-0.1, -0.05) is 13.0 Å². The molecule has 1 N–H and O–H groups in total. The van der Waals surface area contributed by atoms with Gasteiger partial charge in [0.1, 0.15) is 5.75 Å². The van der Waals surface area contributed by atoms with Crippen LogP contribution in [0.2, 0.25) is 0 Å². The Bertz CT molecular complexity index is 276. The number of rotatable bonds is 4. The molecule has 3 heteroatoms. The Kier molecular flexibility index (Phi) is 3.96. The van der Waals surface area contributed by atoms with Gasteiger partial charge >= 0.3 is 0 Å². The predicted octanol–water partition coefficient (Wildman–Crippen LogP) is 2.56. The van der Waals surface area contributed by atoms with Gasteiger partial charge in [0.25, 0.3) is 0 Å². The molecule has 0 amide bonds. The predicted molar refractivity (Wildman–Crippen MR) is 59.8 cm³/mol. The van der Waals surface area contributed by atoms with Crippen molar-refractivity contribution in [2.45, 2.75) is 13.3 Å². The fourth-order valence-corrected chi connectivity index (χ4v) is 1.37. The van der Waals surface area contributed by atoms with Gasteiger partial charge in [0.15, 0.2) is 0 Å². The number of thiol groups is 1. The van der Waals surface area contributed by atoms with Crippen LogP contribution in [0.3, 0.4) is 0 Å². The number of nitrogens with one attached hydrogen (secondary N) is 1. The molecule has 72 valence electrons. The lowest BCUT2D eigenvalue weighted by Gasteiger charge is -2.10. The monoisotopic (exact) mass is 197 g/mol. The van der Waals surface area contributed by atoms with Gasteiger partial charge in [-0.05, 0) is 24.1 Å². The van der Waals surface area contributed by atoms with Gasteiger partial charge in [-0.25, -0.2) is 0 Å². The summed E-state index contributed by atoms with van der Waals surface area (Å²) in [5.41, 5.74) is 2.31. The molecule has 0 unspecified atom stereocenters. The van der Waals surface area contributed by atoms with E-state index >= 15 is 0 Å². The molecule has 0 saturated heterocycles. The van der Waals surface area contributed by atoms with Crippen molar-refractivity contribution in [1.82, 2.24) is 0 Å². The average Bonchev–Trinajstić information content (AvgIpc) is 2.18. The zero-order valence-electron chi connectivity index (χ0n) is 8.00. The van der Waals surface area contributed by atoms with Crippen LogP contribution < -0.4 is 10.1 Å². The third kappa shape index (κ3) is 2.56. The van der Waals surface area contributed by atoms with Crippen molar-refractivity contribution in [3.8, 4) is 5.75 Å². The molecule has 0 radical (unpaired) electrons. The summed E-state index contributed by atoms with van der Waals surface area (Å²) in [6.07, 6.45) is 1.03. The Morgan fingerprint density at radius 3 is 2.77 bits per heavy atom. The lowest BCUT2D eigenvalue weighted by Crippen LogP contribution is -1.98. The van der Waals surface area contributed by atoms with Gasteiger partial charge in [0.05, 0.1) is 18.7 Å². The average molecular weight is 197 g/mol. The van der Waals surface area contributed by atoms with Crippen molar-refractivity contribution >= 4 is 18.3 Å². The molecule has 0 aromatic heterocycles. The van der Waals surface area contributed by atoms with Crippen molar-refractivity contribution in [3.05, 3.63) is 23.8 Å². The molecule has 1 aromatic carbocycles. The first kappa shape index (κ1) is 10.3. The second kappa shape index (κ2) is 5.02. The zero-order chi connectivity index (χ0) is 9.68. The summed E-state index contributed by atoms with van der Waals surface area (Å²) in [7, 11) is 1.67. The third-order valence-electron chi connectivity index (χ3n) is 1.94. The Balaban J connectivity index is 2.95. The highest BCUT2D eigenvalue weighted by molar-refractivity contribution is 7.80. The second-order valence-corrected chi connectivity index (χ2v) is 3.04. The minimum absolute atomic E-state index is 0.615. The topological polar surface area (TPSA) is 21.3 Å². The second-order valence-electron chi connectivity index (χ2n) is 2.72. The molecule has 13 heavy (non-hydrogen) atoms. The Morgan fingerprint density at radius 2 is 2.23 bits per heavy atom. The van der Waals surface area contributed by atoms with Gasteiger partial charge in [-0.15, -0.1) is 0 Å². The van der Waals surface area contributed by atoms with Gasteiger partial charge in [0, 0.05) is 0 Å². The fraction of sp³-hybridized carbons (Fsp3) is 0.400. The quantitative estimate of drug-likeness (QED) is 0.572. The van der Waals surface area contributed by atoms with Crippen LogP contribution in [0.4, 0.5) is 5.69 Å². The summed E-state index contributed by atoms with van der Waals surface area (Å²) < 4.78 is 5.20. The molecule has 1 aromatic rings. The van der Waals surface area contributed by atoms with Crippen LogP contribution in [0.5, 0.6) is 5.75 Å². The van der Waals surface area contributed by atoms with E-state index in [1.807, 2.05) is 6.07 Å². The molecule has 0 atom stereocenters. The van der Waals surface area contributed by atoms with Crippen LogP contribution in [-0.4, -0.2) is 13.0 Å². The summed E-state index contributed by atoms with van der Waals surface area (Å²) in [6.45, 7) is 2.13. The number of ether oxygens (including phenoxy) is 1. The molecule has 0 aliphatic rings. The van der Waals surface area contributed by atoms with Crippen LogP contribution in [0.15, 0.2) is 18.2 Å². The number of hydrogen-bond donors (Lipinski definition) is 2. The van der Waals surface area contributed by atoms with E-state index in [1.54, 1.807) is 7.11 Å². The molecule has 0 fully saturated rings. The standard InChI is InChI=1S/C10H15NOS/c1-3-8-4-5-10(12-2)9(6-8)11-7-13/h4-6,11,13H,3,7H2,1-2H3. The molecule has 0 aliphatic carbocycles. The summed E-state index contributed by atoms with van der Waals surface area (Å²) in [5.74, 6) is 1.48. The molecule has 0 aliphatic heterocycles. The maximum Gasteiger partial charge on any atom is 0.141 e. The Labute approximate surface area is 84.7 Å². The van der Waals surface area contributed by atoms with E-state index in [2.05, 4.69) is 37.0 Å². The van der Waals surface area contributed by atoms with Crippen molar-refractivity contribution in [1.29, 1.82) is 0 Å². The molecule has 0 saturated carbocycles. The highest BCUT2D eigenvalue weighted by Gasteiger charge is 2.01. The Morgan fingerprint density at radius 1 is 1.46 bits per heavy atom. The lowest BCUT2D eigenvalue weighted by molar-refractivity contribution is 0.416. The lowest BCUT2D eigenvalue weighted by atomic mass is 10.1. The highest BCUT2D eigenvalue weighted by atomic mass is 32.1. The van der Waals surface area contributed by atoms with Crippen LogP contribution in [0.1, 0.15) is 12.5 Å². The van der Waals surface area contributed by atoms with E-state index in [4.69, 9.17) is 4.74 Å². The number of methoxy groups -OCH3 is 1.